The van der Waals surface area contributed by atoms with Gasteiger partial charge in [-0.15, -0.1) is 0 Å². The zero-order valence-corrected chi connectivity index (χ0v) is 8.80. The number of aryl methyl sites for hydroxylation is 1. The molecule has 0 bridgehead atoms. The van der Waals surface area contributed by atoms with Gasteiger partial charge < -0.3 is 9.67 Å². The Morgan fingerprint density at radius 1 is 1.38 bits per heavy atom. The van der Waals surface area contributed by atoms with Crippen molar-refractivity contribution in [3.63, 3.8) is 0 Å². The van der Waals surface area contributed by atoms with Crippen LogP contribution in [-0.4, -0.2) is 15.6 Å². The summed E-state index contributed by atoms with van der Waals surface area (Å²) in [6, 6.07) is 7.31. The molecule has 4 nitrogen and oxygen atoms in total. The van der Waals surface area contributed by atoms with Crippen LogP contribution < -0.4 is 5.56 Å². The van der Waals surface area contributed by atoms with Crippen LogP contribution in [0.3, 0.4) is 0 Å². The second-order valence-electron chi connectivity index (χ2n) is 3.68. The van der Waals surface area contributed by atoms with E-state index in [1.165, 1.54) is 10.8 Å². The van der Waals surface area contributed by atoms with Gasteiger partial charge in [-0.25, -0.2) is 0 Å². The first kappa shape index (κ1) is 10.4. The van der Waals surface area contributed by atoms with Gasteiger partial charge in [0, 0.05) is 6.20 Å². The standard InChI is InChI=1S/C12H11NO3/c1-8-3-2-4-9-5-6-13(7-10(14)15)12(16)11(8)9/h2-6H,7H2,1H3,(H,14,15). The van der Waals surface area contributed by atoms with Crippen LogP contribution in [0.1, 0.15) is 5.56 Å². The number of carboxylic acid groups (broad SMARTS) is 1. The summed E-state index contributed by atoms with van der Waals surface area (Å²) in [5, 5.41) is 10.1. The third-order valence-corrected chi connectivity index (χ3v) is 2.52. The molecule has 0 aliphatic carbocycles. The number of hydrogen-bond acceptors (Lipinski definition) is 2. The molecular weight excluding hydrogens is 206 g/mol. The molecule has 0 radical (unpaired) electrons. The minimum atomic E-state index is -1.02. The number of aromatic nitrogens is 1. The summed E-state index contributed by atoms with van der Waals surface area (Å²) >= 11 is 0. The molecule has 1 aromatic carbocycles. The van der Waals surface area contributed by atoms with Crippen LogP contribution in [0, 0.1) is 6.92 Å². The van der Waals surface area contributed by atoms with Crippen LogP contribution in [-0.2, 0) is 11.3 Å². The maximum absolute atomic E-state index is 12.0. The van der Waals surface area contributed by atoms with E-state index in [0.29, 0.717) is 5.39 Å². The second kappa shape index (κ2) is 3.81. The van der Waals surface area contributed by atoms with Gasteiger partial charge in [0.05, 0.1) is 5.39 Å². The van der Waals surface area contributed by atoms with Crippen molar-refractivity contribution in [1.29, 1.82) is 0 Å². The average molecular weight is 217 g/mol. The van der Waals surface area contributed by atoms with Gasteiger partial charge >= 0.3 is 5.97 Å². The number of aliphatic carboxylic acids is 1. The molecule has 0 unspecified atom stereocenters. The highest BCUT2D eigenvalue weighted by Crippen LogP contribution is 2.13. The van der Waals surface area contributed by atoms with E-state index in [2.05, 4.69) is 0 Å². The smallest absolute Gasteiger partial charge is 0.323 e. The van der Waals surface area contributed by atoms with Gasteiger partial charge in [-0.3, -0.25) is 9.59 Å². The van der Waals surface area contributed by atoms with Gasteiger partial charge in [0.2, 0.25) is 0 Å². The summed E-state index contributed by atoms with van der Waals surface area (Å²) in [7, 11) is 0. The summed E-state index contributed by atoms with van der Waals surface area (Å²) in [5.74, 6) is -1.02. The van der Waals surface area contributed by atoms with E-state index < -0.39 is 5.97 Å². The molecule has 0 fully saturated rings. The van der Waals surface area contributed by atoms with E-state index >= 15 is 0 Å². The molecule has 0 aliphatic heterocycles. The lowest BCUT2D eigenvalue weighted by Crippen LogP contribution is -2.23. The molecule has 0 spiro atoms. The van der Waals surface area contributed by atoms with E-state index in [4.69, 9.17) is 5.11 Å². The Bertz CT molecular complexity index is 613. The summed E-state index contributed by atoms with van der Waals surface area (Å²) < 4.78 is 1.21. The zero-order chi connectivity index (χ0) is 11.7. The Labute approximate surface area is 91.8 Å². The van der Waals surface area contributed by atoms with Crippen molar-refractivity contribution in [2.75, 3.05) is 0 Å². The van der Waals surface area contributed by atoms with E-state index in [0.717, 1.165) is 10.9 Å². The van der Waals surface area contributed by atoms with E-state index in [-0.39, 0.29) is 12.1 Å². The fraction of sp³-hybridized carbons (Fsp3) is 0.167. The molecule has 2 rings (SSSR count). The van der Waals surface area contributed by atoms with Crippen LogP contribution in [0.4, 0.5) is 0 Å². The predicted molar refractivity (Wildman–Crippen MR) is 60.6 cm³/mol. The number of rotatable bonds is 2. The molecule has 0 atom stereocenters. The lowest BCUT2D eigenvalue weighted by molar-refractivity contribution is -0.137. The van der Waals surface area contributed by atoms with Crippen molar-refractivity contribution in [3.05, 3.63) is 46.4 Å². The van der Waals surface area contributed by atoms with Crippen LogP contribution >= 0.6 is 0 Å². The van der Waals surface area contributed by atoms with E-state index in [1.54, 1.807) is 6.07 Å². The molecule has 0 saturated heterocycles. The molecular formula is C12H11NO3. The normalized spacial score (nSPS) is 10.6. The lowest BCUT2D eigenvalue weighted by atomic mass is 10.1. The minimum Gasteiger partial charge on any atom is -0.480 e. The monoisotopic (exact) mass is 217 g/mol. The van der Waals surface area contributed by atoms with Crippen molar-refractivity contribution in [2.45, 2.75) is 13.5 Å². The SMILES string of the molecule is Cc1cccc2ccn(CC(=O)O)c(=O)c12. The van der Waals surface area contributed by atoms with Gasteiger partial charge in [-0.05, 0) is 23.9 Å². The van der Waals surface area contributed by atoms with Crippen molar-refractivity contribution in [1.82, 2.24) is 4.57 Å². The molecule has 82 valence electrons. The molecule has 0 aliphatic rings. The number of pyridine rings is 1. The zero-order valence-electron chi connectivity index (χ0n) is 8.80. The first-order chi connectivity index (χ1) is 7.59. The lowest BCUT2D eigenvalue weighted by Gasteiger charge is -2.05. The number of fused-ring (bicyclic) bond motifs is 1. The third kappa shape index (κ3) is 1.69. The Morgan fingerprint density at radius 2 is 2.12 bits per heavy atom. The number of carboxylic acids is 1. The maximum Gasteiger partial charge on any atom is 0.323 e. The van der Waals surface area contributed by atoms with Crippen LogP contribution in [0.2, 0.25) is 0 Å². The molecule has 1 aromatic heterocycles. The highest BCUT2D eigenvalue weighted by Gasteiger charge is 2.07. The summed E-state index contributed by atoms with van der Waals surface area (Å²) in [6.45, 7) is 1.54. The third-order valence-electron chi connectivity index (χ3n) is 2.52. The van der Waals surface area contributed by atoms with E-state index in [9.17, 15) is 9.59 Å². The van der Waals surface area contributed by atoms with Gasteiger partial charge in [0.25, 0.3) is 5.56 Å². The molecule has 4 heteroatoms. The first-order valence-electron chi connectivity index (χ1n) is 4.90. The minimum absolute atomic E-state index is 0.252. The second-order valence-corrected chi connectivity index (χ2v) is 3.68. The van der Waals surface area contributed by atoms with Gasteiger partial charge in [-0.1, -0.05) is 18.2 Å². The Morgan fingerprint density at radius 3 is 2.81 bits per heavy atom. The van der Waals surface area contributed by atoms with Gasteiger partial charge in [-0.2, -0.15) is 0 Å². The molecule has 2 aromatic rings. The first-order valence-corrected chi connectivity index (χ1v) is 4.90. The van der Waals surface area contributed by atoms with Crippen molar-refractivity contribution in [2.24, 2.45) is 0 Å². The number of hydrogen-bond donors (Lipinski definition) is 1. The van der Waals surface area contributed by atoms with E-state index in [1.807, 2.05) is 25.1 Å². The highest BCUT2D eigenvalue weighted by molar-refractivity contribution is 5.84. The Hall–Kier alpha value is -2.10. The number of benzene rings is 1. The summed E-state index contributed by atoms with van der Waals surface area (Å²) in [4.78, 5) is 22.6. The summed E-state index contributed by atoms with van der Waals surface area (Å²) in [5.41, 5.74) is 0.611. The molecule has 0 amide bonds. The number of carbonyl (C=O) groups is 1. The van der Waals surface area contributed by atoms with Gasteiger partial charge in [0.1, 0.15) is 6.54 Å². The molecule has 16 heavy (non-hydrogen) atoms. The van der Waals surface area contributed by atoms with Crippen LogP contribution in [0.25, 0.3) is 10.8 Å². The van der Waals surface area contributed by atoms with Crippen LogP contribution in [0.15, 0.2) is 35.3 Å². The molecule has 1 N–H and O–H groups in total. The quantitative estimate of drug-likeness (QED) is 0.827. The van der Waals surface area contributed by atoms with Crippen molar-refractivity contribution in [3.8, 4) is 0 Å². The largest absolute Gasteiger partial charge is 0.480 e. The topological polar surface area (TPSA) is 59.3 Å². The fourth-order valence-electron chi connectivity index (χ4n) is 1.77. The maximum atomic E-state index is 12.0. The Balaban J connectivity index is 2.73. The Kier molecular flexibility index (Phi) is 2.48. The average Bonchev–Trinajstić information content (AvgIpc) is 2.22. The van der Waals surface area contributed by atoms with Gasteiger partial charge in [0.15, 0.2) is 0 Å². The summed E-state index contributed by atoms with van der Waals surface area (Å²) in [6.07, 6.45) is 1.51. The molecule has 0 saturated carbocycles. The van der Waals surface area contributed by atoms with Crippen molar-refractivity contribution < 1.29 is 9.90 Å². The fourth-order valence-corrected chi connectivity index (χ4v) is 1.77. The van der Waals surface area contributed by atoms with Crippen molar-refractivity contribution >= 4 is 16.7 Å². The van der Waals surface area contributed by atoms with Crippen LogP contribution in [0.5, 0.6) is 0 Å². The highest BCUT2D eigenvalue weighted by atomic mass is 16.4. The predicted octanol–water partition coefficient (Wildman–Crippen LogP) is 1.39. The molecule has 1 heterocycles. The number of nitrogens with zero attached hydrogens (tertiary/aromatic N) is 1.